The minimum atomic E-state index is -5.08. The smallest absolute Gasteiger partial charge is 0.490 e. The Balaban J connectivity index is 0.000000298. The number of ether oxygens (including phenoxy) is 1. The number of hydrogen-bond acceptors (Lipinski definition) is 6. The normalized spacial score (nSPS) is 14.2. The van der Waals surface area contributed by atoms with Gasteiger partial charge in [-0.1, -0.05) is 5.16 Å². The minimum Gasteiger partial charge on any atom is -0.494 e. The molecular weight excluding hydrogens is 355 g/mol. The van der Waals surface area contributed by atoms with Crippen LogP contribution in [0.1, 0.15) is 12.8 Å². The molecule has 0 amide bonds. The van der Waals surface area contributed by atoms with E-state index in [0.717, 1.165) is 36.7 Å². The summed E-state index contributed by atoms with van der Waals surface area (Å²) in [5.74, 6) is 0.0948. The second-order valence-corrected chi connectivity index (χ2v) is 5.50. The number of carboxylic acid groups (broad SMARTS) is 1. The Morgan fingerprint density at radius 2 is 1.96 bits per heavy atom. The number of nitrogens with zero attached hydrogens (tertiary/aromatic N) is 2. The quantitative estimate of drug-likeness (QED) is 0.831. The van der Waals surface area contributed by atoms with Crippen molar-refractivity contribution in [3.05, 3.63) is 30.2 Å². The Kier molecular flexibility index (Phi) is 6.56. The van der Waals surface area contributed by atoms with Crippen LogP contribution >= 0.6 is 0 Å². The van der Waals surface area contributed by atoms with Gasteiger partial charge in [-0.3, -0.25) is 0 Å². The molecule has 10 heteroatoms. The highest BCUT2D eigenvalue weighted by atomic mass is 19.4. The fourth-order valence-corrected chi connectivity index (χ4v) is 2.06. The van der Waals surface area contributed by atoms with E-state index in [1.54, 1.807) is 0 Å². The lowest BCUT2D eigenvalue weighted by Crippen LogP contribution is -2.43. The van der Waals surface area contributed by atoms with Crippen LogP contribution in [0, 0.1) is 5.92 Å². The molecule has 3 rings (SSSR count). The second-order valence-electron chi connectivity index (χ2n) is 5.50. The van der Waals surface area contributed by atoms with Gasteiger partial charge in [-0.05, 0) is 50.2 Å². The lowest BCUT2D eigenvalue weighted by atomic mass is 10.00. The zero-order chi connectivity index (χ0) is 19.2. The van der Waals surface area contributed by atoms with Crippen molar-refractivity contribution >= 4 is 5.97 Å². The van der Waals surface area contributed by atoms with Gasteiger partial charge in [0.1, 0.15) is 5.75 Å². The van der Waals surface area contributed by atoms with Crippen LogP contribution in [0.5, 0.6) is 5.75 Å². The van der Waals surface area contributed by atoms with E-state index in [1.165, 1.54) is 0 Å². The fourth-order valence-electron chi connectivity index (χ4n) is 2.06. The first-order valence-corrected chi connectivity index (χ1v) is 7.86. The van der Waals surface area contributed by atoms with Gasteiger partial charge in [0.15, 0.2) is 0 Å². The van der Waals surface area contributed by atoms with Crippen molar-refractivity contribution in [3.8, 4) is 17.1 Å². The summed E-state index contributed by atoms with van der Waals surface area (Å²) in [7, 11) is 0. The first-order valence-electron chi connectivity index (χ1n) is 7.86. The summed E-state index contributed by atoms with van der Waals surface area (Å²) in [6, 6.07) is 7.74. The lowest BCUT2D eigenvalue weighted by Gasteiger charge is -2.25. The van der Waals surface area contributed by atoms with Crippen LogP contribution in [-0.2, 0) is 11.2 Å². The van der Waals surface area contributed by atoms with Crippen molar-refractivity contribution in [1.29, 1.82) is 0 Å². The highest BCUT2D eigenvalue weighted by Gasteiger charge is 2.38. The van der Waals surface area contributed by atoms with Gasteiger partial charge in [-0.2, -0.15) is 18.2 Å². The van der Waals surface area contributed by atoms with Crippen LogP contribution in [0.15, 0.2) is 28.8 Å². The lowest BCUT2D eigenvalue weighted by molar-refractivity contribution is -0.192. The van der Waals surface area contributed by atoms with Crippen molar-refractivity contribution in [2.75, 3.05) is 19.7 Å². The summed E-state index contributed by atoms with van der Waals surface area (Å²) in [5.41, 5.74) is 0.949. The predicted octanol–water partition coefficient (Wildman–Crippen LogP) is 2.53. The van der Waals surface area contributed by atoms with Crippen LogP contribution in [0.4, 0.5) is 13.2 Å². The molecule has 26 heavy (non-hydrogen) atoms. The fraction of sp³-hybridized carbons (Fsp3) is 0.438. The second kappa shape index (κ2) is 8.65. The van der Waals surface area contributed by atoms with E-state index >= 15 is 0 Å². The van der Waals surface area contributed by atoms with E-state index in [9.17, 15) is 13.2 Å². The molecule has 7 nitrogen and oxygen atoms in total. The van der Waals surface area contributed by atoms with Crippen molar-refractivity contribution < 1.29 is 32.3 Å². The number of alkyl halides is 3. The molecule has 2 heterocycles. The van der Waals surface area contributed by atoms with Gasteiger partial charge < -0.3 is 19.7 Å². The van der Waals surface area contributed by atoms with Crippen LogP contribution in [0.2, 0.25) is 0 Å². The number of aliphatic carboxylic acids is 1. The van der Waals surface area contributed by atoms with E-state index in [-0.39, 0.29) is 0 Å². The van der Waals surface area contributed by atoms with E-state index in [2.05, 4.69) is 15.5 Å². The zero-order valence-corrected chi connectivity index (χ0v) is 13.9. The SMILES string of the molecule is CCOc1ccc(-c2noc(CC3CNC3)n2)cc1.O=C(O)C(F)(F)F. The number of benzene rings is 1. The molecule has 0 saturated carbocycles. The molecule has 1 aromatic carbocycles. The third-order valence-corrected chi connectivity index (χ3v) is 3.46. The van der Waals surface area contributed by atoms with Crippen molar-refractivity contribution in [1.82, 2.24) is 15.5 Å². The largest absolute Gasteiger partial charge is 0.494 e. The van der Waals surface area contributed by atoms with E-state index < -0.39 is 12.1 Å². The van der Waals surface area contributed by atoms with Gasteiger partial charge in [-0.15, -0.1) is 0 Å². The first kappa shape index (κ1) is 19.7. The maximum atomic E-state index is 10.6. The average molecular weight is 373 g/mol. The van der Waals surface area contributed by atoms with E-state index in [0.29, 0.717) is 18.3 Å². The molecule has 0 unspecified atom stereocenters. The van der Waals surface area contributed by atoms with Crippen LogP contribution in [0.3, 0.4) is 0 Å². The summed E-state index contributed by atoms with van der Waals surface area (Å²) in [5, 5.41) is 14.4. The van der Waals surface area contributed by atoms with Crippen LogP contribution in [-0.4, -0.2) is 47.1 Å². The third-order valence-electron chi connectivity index (χ3n) is 3.46. The van der Waals surface area contributed by atoms with Gasteiger partial charge >= 0.3 is 12.1 Å². The summed E-state index contributed by atoms with van der Waals surface area (Å²) >= 11 is 0. The Morgan fingerprint density at radius 1 is 1.35 bits per heavy atom. The molecule has 0 aliphatic carbocycles. The van der Waals surface area contributed by atoms with Gasteiger partial charge in [-0.25, -0.2) is 4.79 Å². The van der Waals surface area contributed by atoms with Gasteiger partial charge in [0.25, 0.3) is 0 Å². The third kappa shape index (κ3) is 5.73. The summed E-state index contributed by atoms with van der Waals surface area (Å²) in [4.78, 5) is 13.3. The Labute approximate surface area is 147 Å². The minimum absolute atomic E-state index is 0.633. The van der Waals surface area contributed by atoms with E-state index in [4.69, 9.17) is 19.2 Å². The molecule has 1 saturated heterocycles. The zero-order valence-electron chi connectivity index (χ0n) is 13.9. The summed E-state index contributed by atoms with van der Waals surface area (Å²) in [6.07, 6.45) is -4.23. The standard InChI is InChI=1S/C14H17N3O2.C2HF3O2/c1-2-18-12-5-3-11(4-6-12)14-16-13(19-17-14)7-10-8-15-9-10;3-2(4,5)1(6)7/h3-6,10,15H,2,7-9H2,1H3;(H,6,7). The van der Waals surface area contributed by atoms with Crippen molar-refractivity contribution in [2.24, 2.45) is 5.92 Å². The molecule has 0 radical (unpaired) electrons. The van der Waals surface area contributed by atoms with Gasteiger partial charge in [0, 0.05) is 12.0 Å². The van der Waals surface area contributed by atoms with Gasteiger partial charge in [0.05, 0.1) is 6.61 Å². The topological polar surface area (TPSA) is 97.5 Å². The summed E-state index contributed by atoms with van der Waals surface area (Å²) in [6.45, 7) is 4.72. The molecule has 1 aromatic heterocycles. The Bertz CT molecular complexity index is 712. The summed E-state index contributed by atoms with van der Waals surface area (Å²) < 4.78 is 42.4. The van der Waals surface area contributed by atoms with Crippen LogP contribution in [0.25, 0.3) is 11.4 Å². The van der Waals surface area contributed by atoms with Crippen molar-refractivity contribution in [3.63, 3.8) is 0 Å². The number of hydrogen-bond donors (Lipinski definition) is 2. The number of halogens is 3. The molecule has 142 valence electrons. The van der Waals surface area contributed by atoms with E-state index in [1.807, 2.05) is 31.2 Å². The average Bonchev–Trinajstić information content (AvgIpc) is 3.00. The molecule has 0 bridgehead atoms. The number of nitrogens with one attached hydrogen (secondary N) is 1. The number of carbonyl (C=O) groups is 1. The maximum Gasteiger partial charge on any atom is 0.490 e. The predicted molar refractivity (Wildman–Crippen MR) is 84.7 cm³/mol. The Hall–Kier alpha value is -2.62. The van der Waals surface area contributed by atoms with Crippen LogP contribution < -0.4 is 10.1 Å². The molecular formula is C16H18F3N3O4. The van der Waals surface area contributed by atoms with Gasteiger partial charge in [0.2, 0.25) is 11.7 Å². The monoisotopic (exact) mass is 373 g/mol. The molecule has 2 aromatic rings. The molecule has 1 aliphatic heterocycles. The molecule has 1 fully saturated rings. The molecule has 0 spiro atoms. The van der Waals surface area contributed by atoms with Crippen molar-refractivity contribution in [2.45, 2.75) is 19.5 Å². The Morgan fingerprint density at radius 3 is 2.42 bits per heavy atom. The number of aromatic nitrogens is 2. The number of carboxylic acids is 1. The maximum absolute atomic E-state index is 10.6. The highest BCUT2D eigenvalue weighted by Crippen LogP contribution is 2.21. The molecule has 2 N–H and O–H groups in total. The molecule has 0 atom stereocenters. The highest BCUT2D eigenvalue weighted by molar-refractivity contribution is 5.73. The first-order chi connectivity index (χ1) is 12.3. The number of rotatable bonds is 5. The molecule has 1 aliphatic rings.